The van der Waals surface area contributed by atoms with Crippen LogP contribution < -0.4 is 10.6 Å². The number of hydrogen-bond acceptors (Lipinski definition) is 7. The van der Waals surface area contributed by atoms with E-state index < -0.39 is 11.9 Å². The van der Waals surface area contributed by atoms with Gasteiger partial charge in [0.1, 0.15) is 12.0 Å². The predicted molar refractivity (Wildman–Crippen MR) is 105 cm³/mol. The smallest absolute Gasteiger partial charge is 0.363 e. The molecule has 0 unspecified atom stereocenters. The van der Waals surface area contributed by atoms with Crippen molar-refractivity contribution in [2.45, 2.75) is 13.1 Å². The van der Waals surface area contributed by atoms with Gasteiger partial charge in [-0.2, -0.15) is 13.2 Å². The SMILES string of the molecule is Cc1cc(Nc2nccc(C(F)(F)F)n2)cc(-c2cncc(Nc3ccon3)c2)c1. The molecule has 0 radical (unpaired) electrons. The maximum absolute atomic E-state index is 12.9. The van der Waals surface area contributed by atoms with Crippen molar-refractivity contribution < 1.29 is 17.7 Å². The van der Waals surface area contributed by atoms with Crippen LogP contribution in [0.15, 0.2) is 65.8 Å². The molecule has 3 aromatic heterocycles. The molecule has 0 saturated heterocycles. The highest BCUT2D eigenvalue weighted by atomic mass is 19.4. The second kappa shape index (κ2) is 7.82. The van der Waals surface area contributed by atoms with E-state index in [2.05, 4.69) is 30.7 Å². The summed E-state index contributed by atoms with van der Waals surface area (Å²) in [4.78, 5) is 11.7. The third-order valence-electron chi connectivity index (χ3n) is 4.06. The molecule has 0 amide bonds. The molecule has 0 aliphatic rings. The summed E-state index contributed by atoms with van der Waals surface area (Å²) in [6.07, 6.45) is 1.31. The molecule has 0 aliphatic carbocycles. The van der Waals surface area contributed by atoms with E-state index >= 15 is 0 Å². The number of aromatic nitrogens is 4. The molecular formula is C20H15F3N6O. The summed E-state index contributed by atoms with van der Waals surface area (Å²) < 4.78 is 43.5. The summed E-state index contributed by atoms with van der Waals surface area (Å²) in [7, 11) is 0. The molecule has 152 valence electrons. The maximum atomic E-state index is 12.9. The summed E-state index contributed by atoms with van der Waals surface area (Å²) in [5, 5.41) is 9.71. The molecular weight excluding hydrogens is 397 g/mol. The molecule has 4 aromatic rings. The van der Waals surface area contributed by atoms with E-state index in [0.29, 0.717) is 17.2 Å². The summed E-state index contributed by atoms with van der Waals surface area (Å²) in [5.41, 5.74) is 2.78. The van der Waals surface area contributed by atoms with Gasteiger partial charge in [-0.3, -0.25) is 4.98 Å². The lowest BCUT2D eigenvalue weighted by Gasteiger charge is -2.11. The normalized spacial score (nSPS) is 11.3. The minimum Gasteiger partial charge on any atom is -0.363 e. The fraction of sp³-hybridized carbons (Fsp3) is 0.100. The Morgan fingerprint density at radius 2 is 1.77 bits per heavy atom. The fourth-order valence-corrected chi connectivity index (χ4v) is 2.82. The van der Waals surface area contributed by atoms with Crippen LogP contribution in [0, 0.1) is 6.92 Å². The van der Waals surface area contributed by atoms with Gasteiger partial charge < -0.3 is 15.2 Å². The average molecular weight is 412 g/mol. The van der Waals surface area contributed by atoms with Crippen molar-refractivity contribution in [3.63, 3.8) is 0 Å². The Labute approximate surface area is 169 Å². The first-order valence-corrected chi connectivity index (χ1v) is 8.79. The number of nitrogens with one attached hydrogen (secondary N) is 2. The van der Waals surface area contributed by atoms with E-state index in [-0.39, 0.29) is 5.95 Å². The standard InChI is InChI=1S/C20H15F3N6O/c1-12-6-13(14-9-16(11-24-10-14)26-18-3-5-30-29-18)8-15(7-12)27-19-25-4-2-17(28-19)20(21,22)23/h2-11H,1H3,(H,26,29)(H,25,27,28). The van der Waals surface area contributed by atoms with Crippen molar-refractivity contribution in [2.75, 3.05) is 10.6 Å². The molecule has 0 bridgehead atoms. The molecule has 0 aliphatic heterocycles. The Morgan fingerprint density at radius 3 is 2.53 bits per heavy atom. The van der Waals surface area contributed by atoms with Crippen LogP contribution >= 0.6 is 0 Å². The van der Waals surface area contributed by atoms with Gasteiger partial charge in [0.05, 0.1) is 11.9 Å². The minimum absolute atomic E-state index is 0.138. The quantitative estimate of drug-likeness (QED) is 0.457. The molecule has 0 saturated carbocycles. The van der Waals surface area contributed by atoms with E-state index in [1.807, 2.05) is 19.1 Å². The second-order valence-corrected chi connectivity index (χ2v) is 6.45. The number of halogens is 3. The van der Waals surface area contributed by atoms with Gasteiger partial charge in [-0.15, -0.1) is 0 Å². The van der Waals surface area contributed by atoms with Gasteiger partial charge in [0, 0.05) is 29.7 Å². The summed E-state index contributed by atoms with van der Waals surface area (Å²) in [6.45, 7) is 1.88. The zero-order valence-electron chi connectivity index (χ0n) is 15.6. The third-order valence-corrected chi connectivity index (χ3v) is 4.06. The number of benzene rings is 1. The van der Waals surface area contributed by atoms with E-state index in [1.54, 1.807) is 30.6 Å². The van der Waals surface area contributed by atoms with Crippen molar-refractivity contribution in [1.82, 2.24) is 20.1 Å². The van der Waals surface area contributed by atoms with Crippen molar-refractivity contribution in [3.8, 4) is 11.1 Å². The maximum Gasteiger partial charge on any atom is 0.433 e. The number of aryl methyl sites for hydroxylation is 1. The molecule has 0 atom stereocenters. The lowest BCUT2D eigenvalue weighted by molar-refractivity contribution is -0.141. The molecule has 3 heterocycles. The Balaban J connectivity index is 1.61. The van der Waals surface area contributed by atoms with Crippen LogP contribution in [0.1, 0.15) is 11.3 Å². The molecule has 0 spiro atoms. The van der Waals surface area contributed by atoms with Crippen LogP contribution in [-0.2, 0) is 6.18 Å². The van der Waals surface area contributed by atoms with Crippen LogP contribution in [0.25, 0.3) is 11.1 Å². The molecule has 4 rings (SSSR count). The van der Waals surface area contributed by atoms with Crippen LogP contribution in [0.4, 0.5) is 36.3 Å². The van der Waals surface area contributed by atoms with Crippen molar-refractivity contribution in [3.05, 3.63) is 72.5 Å². The monoisotopic (exact) mass is 412 g/mol. The van der Waals surface area contributed by atoms with Gasteiger partial charge in [0.2, 0.25) is 5.95 Å². The highest BCUT2D eigenvalue weighted by molar-refractivity contribution is 5.73. The number of nitrogens with zero attached hydrogens (tertiary/aromatic N) is 4. The minimum atomic E-state index is -4.54. The molecule has 2 N–H and O–H groups in total. The number of alkyl halides is 3. The first kappa shape index (κ1) is 19.4. The van der Waals surface area contributed by atoms with E-state index in [0.717, 1.165) is 29.0 Å². The van der Waals surface area contributed by atoms with Gasteiger partial charge in [-0.1, -0.05) is 11.2 Å². The summed E-state index contributed by atoms with van der Waals surface area (Å²) >= 11 is 0. The van der Waals surface area contributed by atoms with Crippen LogP contribution in [0.3, 0.4) is 0 Å². The van der Waals surface area contributed by atoms with Crippen LogP contribution in [0.2, 0.25) is 0 Å². The van der Waals surface area contributed by atoms with Gasteiger partial charge >= 0.3 is 6.18 Å². The number of pyridine rings is 1. The van der Waals surface area contributed by atoms with Gasteiger partial charge in [-0.05, 0) is 42.3 Å². The Bertz CT molecular complexity index is 1160. The zero-order chi connectivity index (χ0) is 21.1. The Morgan fingerprint density at radius 1 is 0.933 bits per heavy atom. The van der Waals surface area contributed by atoms with E-state index in [4.69, 9.17) is 4.52 Å². The third kappa shape index (κ3) is 4.54. The lowest BCUT2D eigenvalue weighted by atomic mass is 10.0. The zero-order valence-corrected chi connectivity index (χ0v) is 15.6. The van der Waals surface area contributed by atoms with E-state index in [1.165, 1.54) is 6.26 Å². The predicted octanol–water partition coefficient (Wildman–Crippen LogP) is 5.34. The Hall–Kier alpha value is -3.95. The Kier molecular flexibility index (Phi) is 5.05. The largest absolute Gasteiger partial charge is 0.433 e. The van der Waals surface area contributed by atoms with Gasteiger partial charge in [0.25, 0.3) is 0 Å². The van der Waals surface area contributed by atoms with Crippen molar-refractivity contribution >= 4 is 23.1 Å². The molecule has 7 nitrogen and oxygen atoms in total. The first-order chi connectivity index (χ1) is 14.4. The highest BCUT2D eigenvalue weighted by Crippen LogP contribution is 2.30. The summed E-state index contributed by atoms with van der Waals surface area (Å²) in [5.74, 6) is 0.406. The molecule has 1 aromatic carbocycles. The fourth-order valence-electron chi connectivity index (χ4n) is 2.82. The topological polar surface area (TPSA) is 88.8 Å². The van der Waals surface area contributed by atoms with Crippen LogP contribution in [0.5, 0.6) is 0 Å². The molecule has 0 fully saturated rings. The molecule has 30 heavy (non-hydrogen) atoms. The second-order valence-electron chi connectivity index (χ2n) is 6.45. The van der Waals surface area contributed by atoms with Crippen molar-refractivity contribution in [2.24, 2.45) is 0 Å². The lowest BCUT2D eigenvalue weighted by Crippen LogP contribution is -2.10. The number of hydrogen-bond donors (Lipinski definition) is 2. The number of rotatable bonds is 5. The van der Waals surface area contributed by atoms with E-state index in [9.17, 15) is 13.2 Å². The van der Waals surface area contributed by atoms with Crippen molar-refractivity contribution in [1.29, 1.82) is 0 Å². The molecule has 10 heteroatoms. The highest BCUT2D eigenvalue weighted by Gasteiger charge is 2.32. The number of anilines is 4. The summed E-state index contributed by atoms with van der Waals surface area (Å²) in [6, 6.07) is 9.89. The van der Waals surface area contributed by atoms with Gasteiger partial charge in [-0.25, -0.2) is 9.97 Å². The van der Waals surface area contributed by atoms with Crippen LogP contribution in [-0.4, -0.2) is 20.1 Å². The van der Waals surface area contributed by atoms with Gasteiger partial charge in [0.15, 0.2) is 5.82 Å². The average Bonchev–Trinajstić information content (AvgIpc) is 3.20. The first-order valence-electron chi connectivity index (χ1n) is 8.79.